The van der Waals surface area contributed by atoms with Crippen molar-refractivity contribution in [2.45, 2.75) is 51.9 Å². The molecule has 0 spiro atoms. The zero-order chi connectivity index (χ0) is 12.2. The molecule has 1 rings (SSSR count). The molecule has 2 nitrogen and oxygen atoms in total. The second kappa shape index (κ2) is 6.03. The molecule has 0 N–H and O–H groups in total. The highest BCUT2D eigenvalue weighted by molar-refractivity contribution is 9.10. The van der Waals surface area contributed by atoms with Crippen molar-refractivity contribution in [1.29, 1.82) is 0 Å². The zero-order valence-electron chi connectivity index (χ0n) is 10.5. The zero-order valence-corrected chi connectivity index (χ0v) is 13.1. The van der Waals surface area contributed by atoms with Crippen molar-refractivity contribution in [2.75, 3.05) is 0 Å². The molecule has 1 atom stereocenters. The number of rotatable bonds is 6. The van der Waals surface area contributed by atoms with Crippen LogP contribution in [0.2, 0.25) is 18.1 Å². The third kappa shape index (κ3) is 3.21. The molecule has 92 valence electrons. The molecule has 0 amide bonds. The van der Waals surface area contributed by atoms with Crippen molar-refractivity contribution in [3.8, 4) is 0 Å². The van der Waals surface area contributed by atoms with Gasteiger partial charge in [-0.3, -0.25) is 0 Å². The fourth-order valence-corrected chi connectivity index (χ4v) is 5.16. The summed E-state index contributed by atoms with van der Waals surface area (Å²) in [6.45, 7) is 8.80. The first-order chi connectivity index (χ1) is 7.56. The van der Waals surface area contributed by atoms with Crippen LogP contribution in [0.4, 0.5) is 0 Å². The van der Waals surface area contributed by atoms with Crippen LogP contribution in [0.5, 0.6) is 0 Å². The van der Waals surface area contributed by atoms with Crippen molar-refractivity contribution in [3.63, 3.8) is 0 Å². The van der Waals surface area contributed by atoms with Gasteiger partial charge in [0.15, 0.2) is 8.32 Å². The standard InChI is InChI=1S/C12H21BrO2Si/c1-5-16(6-2,7-3)15-10(4)12-8-11(13)9-14-12/h8-10H,5-7H2,1-4H3. The fourth-order valence-electron chi connectivity index (χ4n) is 1.97. The normalized spacial score (nSPS) is 14.1. The van der Waals surface area contributed by atoms with Crippen LogP contribution in [0.3, 0.4) is 0 Å². The largest absolute Gasteiger partial charge is 0.465 e. The Labute approximate surface area is 108 Å². The van der Waals surface area contributed by atoms with E-state index in [0.29, 0.717) is 0 Å². The van der Waals surface area contributed by atoms with Gasteiger partial charge in [0.2, 0.25) is 0 Å². The summed E-state index contributed by atoms with van der Waals surface area (Å²) in [6.07, 6.45) is 1.78. The lowest BCUT2D eigenvalue weighted by molar-refractivity contribution is 0.180. The number of furan rings is 1. The predicted octanol–water partition coefficient (Wildman–Crippen LogP) is 5.12. The van der Waals surface area contributed by atoms with Gasteiger partial charge in [-0.1, -0.05) is 20.8 Å². The molecule has 0 aliphatic carbocycles. The Bertz CT molecular complexity index is 312. The molecule has 0 saturated carbocycles. The minimum absolute atomic E-state index is 0.0674. The summed E-state index contributed by atoms with van der Waals surface area (Å²) in [6, 6.07) is 5.51. The minimum atomic E-state index is -1.53. The first-order valence-electron chi connectivity index (χ1n) is 5.98. The smallest absolute Gasteiger partial charge is 0.193 e. The predicted molar refractivity (Wildman–Crippen MR) is 73.1 cm³/mol. The number of hydrogen-bond donors (Lipinski definition) is 0. The Morgan fingerprint density at radius 1 is 1.31 bits per heavy atom. The Morgan fingerprint density at radius 3 is 2.25 bits per heavy atom. The molecule has 0 aliphatic rings. The van der Waals surface area contributed by atoms with Crippen LogP contribution in [-0.4, -0.2) is 8.32 Å². The summed E-state index contributed by atoms with van der Waals surface area (Å²) in [5, 5.41) is 0. The van der Waals surface area contributed by atoms with Gasteiger partial charge in [-0.05, 0) is 47.1 Å². The van der Waals surface area contributed by atoms with Gasteiger partial charge in [-0.25, -0.2) is 0 Å². The van der Waals surface area contributed by atoms with Crippen LogP contribution >= 0.6 is 15.9 Å². The molecule has 1 aromatic heterocycles. The summed E-state index contributed by atoms with van der Waals surface area (Å²) in [5.41, 5.74) is 0. The van der Waals surface area contributed by atoms with E-state index < -0.39 is 8.32 Å². The Balaban J connectivity index is 2.72. The van der Waals surface area contributed by atoms with Crippen molar-refractivity contribution in [3.05, 3.63) is 22.6 Å². The first kappa shape index (κ1) is 14.0. The van der Waals surface area contributed by atoms with Gasteiger partial charge in [0, 0.05) is 0 Å². The Morgan fingerprint density at radius 2 is 1.88 bits per heavy atom. The van der Waals surface area contributed by atoms with Crippen LogP contribution in [0.25, 0.3) is 0 Å². The van der Waals surface area contributed by atoms with Crippen molar-refractivity contribution in [2.24, 2.45) is 0 Å². The lowest BCUT2D eigenvalue weighted by Gasteiger charge is -2.30. The highest BCUT2D eigenvalue weighted by atomic mass is 79.9. The molecular weight excluding hydrogens is 284 g/mol. The highest BCUT2D eigenvalue weighted by Gasteiger charge is 2.31. The van der Waals surface area contributed by atoms with Gasteiger partial charge in [0.1, 0.15) is 18.1 Å². The van der Waals surface area contributed by atoms with E-state index >= 15 is 0 Å². The van der Waals surface area contributed by atoms with Crippen molar-refractivity contribution >= 4 is 24.2 Å². The van der Waals surface area contributed by atoms with Crippen LogP contribution in [0, 0.1) is 0 Å². The van der Waals surface area contributed by atoms with E-state index in [-0.39, 0.29) is 6.10 Å². The van der Waals surface area contributed by atoms with Gasteiger partial charge < -0.3 is 8.84 Å². The molecule has 1 unspecified atom stereocenters. The maximum Gasteiger partial charge on any atom is 0.193 e. The fraction of sp³-hybridized carbons (Fsp3) is 0.667. The quantitative estimate of drug-likeness (QED) is 0.680. The molecule has 16 heavy (non-hydrogen) atoms. The molecule has 0 bridgehead atoms. The Kier molecular flexibility index (Phi) is 5.28. The lowest BCUT2D eigenvalue weighted by Crippen LogP contribution is -2.36. The van der Waals surface area contributed by atoms with Gasteiger partial charge in [-0.15, -0.1) is 0 Å². The van der Waals surface area contributed by atoms with Gasteiger partial charge >= 0.3 is 0 Å². The minimum Gasteiger partial charge on any atom is -0.465 e. The molecule has 4 heteroatoms. The summed E-state index contributed by atoms with van der Waals surface area (Å²) in [5.74, 6) is 0.916. The van der Waals surface area contributed by atoms with Crippen LogP contribution < -0.4 is 0 Å². The molecule has 0 saturated heterocycles. The topological polar surface area (TPSA) is 22.4 Å². The summed E-state index contributed by atoms with van der Waals surface area (Å²) < 4.78 is 12.7. The second-order valence-corrected chi connectivity index (χ2v) is 9.81. The van der Waals surface area contributed by atoms with Gasteiger partial charge in [0.25, 0.3) is 0 Å². The van der Waals surface area contributed by atoms with E-state index in [2.05, 4.69) is 43.6 Å². The maximum atomic E-state index is 6.31. The average Bonchev–Trinajstić information content (AvgIpc) is 2.73. The third-order valence-corrected chi connectivity index (χ3v) is 8.48. The molecule has 0 radical (unpaired) electrons. The average molecular weight is 305 g/mol. The first-order valence-corrected chi connectivity index (χ1v) is 9.31. The molecular formula is C12H21BrO2Si. The molecule has 0 aliphatic heterocycles. The molecule has 0 fully saturated rings. The van der Waals surface area contributed by atoms with Crippen molar-refractivity contribution < 1.29 is 8.84 Å². The highest BCUT2D eigenvalue weighted by Crippen LogP contribution is 2.30. The van der Waals surface area contributed by atoms with Gasteiger partial charge in [-0.2, -0.15) is 0 Å². The summed E-state index contributed by atoms with van der Waals surface area (Å²) >= 11 is 3.39. The summed E-state index contributed by atoms with van der Waals surface area (Å²) in [4.78, 5) is 0. The van der Waals surface area contributed by atoms with Crippen LogP contribution in [0.1, 0.15) is 39.6 Å². The molecule has 0 aromatic carbocycles. The van der Waals surface area contributed by atoms with Crippen LogP contribution in [-0.2, 0) is 4.43 Å². The van der Waals surface area contributed by atoms with E-state index in [1.54, 1.807) is 6.26 Å². The number of hydrogen-bond acceptors (Lipinski definition) is 2. The lowest BCUT2D eigenvalue weighted by atomic mass is 10.3. The number of halogens is 1. The van der Waals surface area contributed by atoms with Gasteiger partial charge in [0.05, 0.1) is 4.47 Å². The Hall–Kier alpha value is -0.0631. The van der Waals surface area contributed by atoms with E-state index in [0.717, 1.165) is 10.2 Å². The van der Waals surface area contributed by atoms with Crippen molar-refractivity contribution in [1.82, 2.24) is 0 Å². The van der Waals surface area contributed by atoms with E-state index in [1.807, 2.05) is 6.07 Å². The maximum absolute atomic E-state index is 6.31. The van der Waals surface area contributed by atoms with E-state index in [1.165, 1.54) is 18.1 Å². The second-order valence-electron chi connectivity index (χ2n) is 4.17. The SMILES string of the molecule is CC[Si](CC)(CC)OC(C)c1cc(Br)co1. The third-order valence-electron chi connectivity index (χ3n) is 3.35. The van der Waals surface area contributed by atoms with E-state index in [9.17, 15) is 0 Å². The molecule has 1 aromatic rings. The van der Waals surface area contributed by atoms with Crippen LogP contribution in [0.15, 0.2) is 21.2 Å². The molecule has 1 heterocycles. The monoisotopic (exact) mass is 304 g/mol. The summed E-state index contributed by atoms with van der Waals surface area (Å²) in [7, 11) is -1.53. The van der Waals surface area contributed by atoms with E-state index in [4.69, 9.17) is 8.84 Å².